The third-order valence-electron chi connectivity index (χ3n) is 4.03. The molecule has 0 unspecified atom stereocenters. The Hall–Kier alpha value is -4.66. The zero-order valence-electron chi connectivity index (χ0n) is 18.9. The molecule has 0 fully saturated rings. The first kappa shape index (κ1) is 27.4. The van der Waals surface area contributed by atoms with Crippen molar-refractivity contribution in [2.75, 3.05) is 0 Å². The van der Waals surface area contributed by atoms with Crippen LogP contribution in [0, 0.1) is 10.8 Å². The van der Waals surface area contributed by atoms with Crippen molar-refractivity contribution in [3.8, 4) is 16.9 Å². The predicted molar refractivity (Wildman–Crippen MR) is 131 cm³/mol. The number of carboxylic acid groups (broad SMARTS) is 2. The van der Waals surface area contributed by atoms with Crippen molar-refractivity contribution in [3.05, 3.63) is 89.5 Å². The lowest BCUT2D eigenvalue weighted by molar-refractivity contribution is -0.135. The number of rotatable bonds is 6. The van der Waals surface area contributed by atoms with Crippen LogP contribution in [-0.2, 0) is 16.2 Å². The molecule has 0 aliphatic rings. The van der Waals surface area contributed by atoms with Crippen LogP contribution in [0.15, 0.2) is 72.8 Å². The minimum Gasteiger partial charge on any atom is -0.489 e. The molecule has 0 bridgehead atoms. The molecule has 34 heavy (non-hydrogen) atoms. The average molecular weight is 465 g/mol. The fourth-order valence-electron chi connectivity index (χ4n) is 2.58. The van der Waals surface area contributed by atoms with E-state index in [9.17, 15) is 0 Å². The molecule has 9 nitrogen and oxygen atoms in total. The SMILES string of the molecule is CC(=O)O.CC(=O)O.N=C(N)c1ccc(OCc2cccc(-c3ccc(C(=N)N)cc3)c2)cc1. The second-order valence-corrected chi connectivity index (χ2v) is 6.96. The number of carbonyl (C=O) groups is 2. The summed E-state index contributed by atoms with van der Waals surface area (Å²) in [7, 11) is 0. The van der Waals surface area contributed by atoms with Gasteiger partial charge in [-0.3, -0.25) is 20.4 Å². The third-order valence-corrected chi connectivity index (χ3v) is 4.03. The van der Waals surface area contributed by atoms with E-state index in [1.54, 1.807) is 24.3 Å². The molecule has 3 rings (SSSR count). The maximum atomic E-state index is 9.00. The Balaban J connectivity index is 0.000000629. The number of nitrogens with two attached hydrogens (primary N) is 2. The Bertz CT molecular complexity index is 1110. The average Bonchev–Trinajstić information content (AvgIpc) is 2.77. The van der Waals surface area contributed by atoms with Crippen molar-refractivity contribution in [2.45, 2.75) is 20.5 Å². The smallest absolute Gasteiger partial charge is 0.300 e. The van der Waals surface area contributed by atoms with Crippen LogP contribution in [0.5, 0.6) is 5.75 Å². The lowest BCUT2D eigenvalue weighted by Gasteiger charge is -2.09. The molecule has 0 heterocycles. The Morgan fingerprint density at radius 3 is 1.65 bits per heavy atom. The summed E-state index contributed by atoms with van der Waals surface area (Å²) < 4.78 is 5.81. The number of benzene rings is 3. The van der Waals surface area contributed by atoms with Crippen LogP contribution in [0.4, 0.5) is 0 Å². The molecule has 0 saturated heterocycles. The highest BCUT2D eigenvalue weighted by molar-refractivity contribution is 5.95. The number of aliphatic carboxylic acids is 2. The van der Waals surface area contributed by atoms with Crippen molar-refractivity contribution in [3.63, 3.8) is 0 Å². The molecule has 0 spiro atoms. The summed E-state index contributed by atoms with van der Waals surface area (Å²) in [6.45, 7) is 2.61. The van der Waals surface area contributed by atoms with Gasteiger partial charge in [-0.05, 0) is 47.0 Å². The summed E-state index contributed by atoms with van der Waals surface area (Å²) in [5.41, 5.74) is 15.5. The second-order valence-electron chi connectivity index (χ2n) is 6.96. The van der Waals surface area contributed by atoms with Crippen molar-refractivity contribution in [1.82, 2.24) is 0 Å². The van der Waals surface area contributed by atoms with Gasteiger partial charge in [0.1, 0.15) is 24.0 Å². The summed E-state index contributed by atoms with van der Waals surface area (Å²) in [5.74, 6) is -0.833. The molecule has 178 valence electrons. The molecule has 3 aromatic carbocycles. The number of hydrogen-bond donors (Lipinski definition) is 6. The third kappa shape index (κ3) is 10.6. The largest absolute Gasteiger partial charge is 0.489 e. The van der Waals surface area contributed by atoms with Gasteiger partial charge < -0.3 is 26.4 Å². The monoisotopic (exact) mass is 464 g/mol. The fraction of sp³-hybridized carbons (Fsp3) is 0.120. The maximum Gasteiger partial charge on any atom is 0.300 e. The Morgan fingerprint density at radius 2 is 1.21 bits per heavy atom. The van der Waals surface area contributed by atoms with Crippen LogP contribution < -0.4 is 16.2 Å². The van der Waals surface area contributed by atoms with Gasteiger partial charge in [-0.1, -0.05) is 42.5 Å². The quantitative estimate of drug-likeness (QED) is 0.237. The van der Waals surface area contributed by atoms with E-state index in [0.29, 0.717) is 17.7 Å². The first-order chi connectivity index (χ1) is 16.0. The van der Waals surface area contributed by atoms with Crippen LogP contribution in [0.2, 0.25) is 0 Å². The van der Waals surface area contributed by atoms with E-state index >= 15 is 0 Å². The van der Waals surface area contributed by atoms with Gasteiger partial charge in [-0.25, -0.2) is 0 Å². The summed E-state index contributed by atoms with van der Waals surface area (Å²) >= 11 is 0. The predicted octanol–water partition coefficient (Wildman–Crippen LogP) is 3.68. The van der Waals surface area contributed by atoms with E-state index in [4.69, 9.17) is 46.8 Å². The first-order valence-electron chi connectivity index (χ1n) is 9.99. The minimum atomic E-state index is -0.833. The Morgan fingerprint density at radius 1 is 0.765 bits per heavy atom. The normalized spacial score (nSPS) is 9.35. The van der Waals surface area contributed by atoms with E-state index in [2.05, 4.69) is 6.07 Å². The van der Waals surface area contributed by atoms with Gasteiger partial charge in [-0.15, -0.1) is 0 Å². The van der Waals surface area contributed by atoms with Crippen LogP contribution in [0.1, 0.15) is 30.5 Å². The van der Waals surface area contributed by atoms with E-state index in [1.807, 2.05) is 42.5 Å². The number of nitrogens with one attached hydrogen (secondary N) is 2. The minimum absolute atomic E-state index is 0.0417. The van der Waals surface area contributed by atoms with Crippen molar-refractivity contribution >= 4 is 23.6 Å². The molecular weight excluding hydrogens is 436 g/mol. The highest BCUT2D eigenvalue weighted by atomic mass is 16.5. The molecule has 0 atom stereocenters. The summed E-state index contributed by atoms with van der Waals surface area (Å²) in [6, 6.07) is 22.9. The number of nitrogen functional groups attached to an aromatic ring is 2. The van der Waals surface area contributed by atoms with Crippen LogP contribution in [0.25, 0.3) is 11.1 Å². The van der Waals surface area contributed by atoms with E-state index in [0.717, 1.165) is 36.3 Å². The number of amidine groups is 2. The summed E-state index contributed by atoms with van der Waals surface area (Å²) in [6.07, 6.45) is 0. The Kier molecular flexibility index (Phi) is 11.0. The topological polar surface area (TPSA) is 184 Å². The molecule has 0 amide bonds. The van der Waals surface area contributed by atoms with Crippen molar-refractivity contribution in [1.29, 1.82) is 10.8 Å². The zero-order chi connectivity index (χ0) is 25.7. The fourth-order valence-corrected chi connectivity index (χ4v) is 2.58. The van der Waals surface area contributed by atoms with E-state index in [-0.39, 0.29) is 11.7 Å². The first-order valence-corrected chi connectivity index (χ1v) is 9.99. The van der Waals surface area contributed by atoms with E-state index < -0.39 is 11.9 Å². The van der Waals surface area contributed by atoms with Gasteiger partial charge >= 0.3 is 0 Å². The van der Waals surface area contributed by atoms with Gasteiger partial charge in [0, 0.05) is 25.0 Å². The van der Waals surface area contributed by atoms with Crippen LogP contribution >= 0.6 is 0 Å². The lowest BCUT2D eigenvalue weighted by atomic mass is 10.0. The number of hydrogen-bond acceptors (Lipinski definition) is 5. The van der Waals surface area contributed by atoms with Gasteiger partial charge in [0.15, 0.2) is 0 Å². The number of ether oxygens (including phenoxy) is 1. The molecule has 9 heteroatoms. The molecule has 0 aromatic heterocycles. The lowest BCUT2D eigenvalue weighted by Crippen LogP contribution is -2.10. The number of carboxylic acids is 2. The molecule has 8 N–H and O–H groups in total. The van der Waals surface area contributed by atoms with E-state index in [1.165, 1.54) is 0 Å². The highest BCUT2D eigenvalue weighted by Crippen LogP contribution is 2.22. The van der Waals surface area contributed by atoms with Crippen LogP contribution in [-0.4, -0.2) is 33.8 Å². The van der Waals surface area contributed by atoms with Gasteiger partial charge in [0.05, 0.1) is 0 Å². The van der Waals surface area contributed by atoms with Crippen LogP contribution in [0.3, 0.4) is 0 Å². The van der Waals surface area contributed by atoms with Gasteiger partial charge in [0.2, 0.25) is 0 Å². The molecule has 0 radical (unpaired) electrons. The highest BCUT2D eigenvalue weighted by Gasteiger charge is 2.03. The molecule has 0 aliphatic carbocycles. The molecule has 0 aliphatic heterocycles. The van der Waals surface area contributed by atoms with Crippen molar-refractivity contribution < 1.29 is 24.5 Å². The maximum absolute atomic E-state index is 9.00. The molecule has 3 aromatic rings. The second kappa shape index (κ2) is 13.7. The zero-order valence-corrected chi connectivity index (χ0v) is 18.9. The standard InChI is InChI=1S/C21H20N4O.2C2H4O2/c22-20(23)16-6-4-15(5-7-16)18-3-1-2-14(12-18)13-26-19-10-8-17(9-11-19)21(24)25;2*1-2(3)4/h1-12H,13H2,(H3,22,23)(H3,24,25);2*1H3,(H,3,4). The van der Waals surface area contributed by atoms with Crippen molar-refractivity contribution in [2.24, 2.45) is 11.5 Å². The molecule has 0 saturated carbocycles. The van der Waals surface area contributed by atoms with Gasteiger partial charge in [0.25, 0.3) is 11.9 Å². The summed E-state index contributed by atoms with van der Waals surface area (Å²) in [4.78, 5) is 18.0. The van der Waals surface area contributed by atoms with Gasteiger partial charge in [-0.2, -0.15) is 0 Å². The summed E-state index contributed by atoms with van der Waals surface area (Å²) in [5, 5.41) is 29.7. The Labute approximate surface area is 197 Å². The molecular formula is C25H28N4O5.